The second kappa shape index (κ2) is 9.66. The van der Waals surface area contributed by atoms with Crippen LogP contribution in [0.2, 0.25) is 0 Å². The summed E-state index contributed by atoms with van der Waals surface area (Å²) in [4.78, 5) is 33.2. The molecule has 0 spiro atoms. The number of sulfone groups is 1. The van der Waals surface area contributed by atoms with Crippen LogP contribution < -0.4 is 0 Å². The number of ketones is 2. The average Bonchev–Trinajstić information content (AvgIpc) is 2.78. The van der Waals surface area contributed by atoms with Gasteiger partial charge in [0.15, 0.2) is 15.6 Å². The first-order chi connectivity index (χ1) is 16.1. The van der Waals surface area contributed by atoms with Crippen LogP contribution in [0, 0.1) is 26.7 Å². The van der Waals surface area contributed by atoms with Crippen LogP contribution in [0.3, 0.4) is 0 Å². The zero-order valence-corrected chi connectivity index (χ0v) is 21.5. The quantitative estimate of drug-likeness (QED) is 0.332. The van der Waals surface area contributed by atoms with Crippen molar-refractivity contribution in [3.8, 4) is 0 Å². The number of hydrogen-bond donors (Lipinski definition) is 0. The second-order valence-electron chi connectivity index (χ2n) is 9.03. The minimum absolute atomic E-state index is 0.0472. The molecule has 2 aliphatic rings. The molecule has 2 atom stereocenters. The fraction of sp³-hybridized carbons (Fsp3) is 0.423. The van der Waals surface area contributed by atoms with Gasteiger partial charge in [-0.2, -0.15) is 0 Å². The summed E-state index contributed by atoms with van der Waals surface area (Å²) in [5.74, 6) is -1.10. The Kier molecular flexibility index (Phi) is 7.01. The monoisotopic (exact) mass is 499 g/mol. The summed E-state index contributed by atoms with van der Waals surface area (Å²) >= 11 is 1.57. The van der Waals surface area contributed by atoms with Crippen LogP contribution >= 0.6 is 11.8 Å². The van der Waals surface area contributed by atoms with E-state index in [2.05, 4.69) is 5.16 Å². The molecule has 1 aliphatic carbocycles. The number of aryl methyl sites for hydroxylation is 2. The van der Waals surface area contributed by atoms with E-state index in [1.165, 1.54) is 7.11 Å². The van der Waals surface area contributed by atoms with Gasteiger partial charge in [0.05, 0.1) is 22.3 Å². The van der Waals surface area contributed by atoms with E-state index in [0.717, 1.165) is 23.3 Å². The van der Waals surface area contributed by atoms with Crippen molar-refractivity contribution < 1.29 is 22.8 Å². The highest BCUT2D eigenvalue weighted by molar-refractivity contribution is 8.00. The van der Waals surface area contributed by atoms with Crippen molar-refractivity contribution in [1.29, 1.82) is 0 Å². The van der Waals surface area contributed by atoms with Gasteiger partial charge in [0.1, 0.15) is 12.9 Å². The third kappa shape index (κ3) is 4.58. The predicted octanol–water partition coefficient (Wildman–Crippen LogP) is 4.85. The SMILES string of the molecule is CON=C1CCS(=O)(=O)c2c(C)cc(C(=O)C3C(=O)CCCC3Sc3ccc(C)cc3)c(C)c21. The molecule has 0 N–H and O–H groups in total. The Labute approximate surface area is 205 Å². The Bertz CT molecular complexity index is 1280. The molecule has 0 radical (unpaired) electrons. The largest absolute Gasteiger partial charge is 0.399 e. The Hall–Kier alpha value is -2.45. The third-order valence-corrected chi connectivity index (χ3v) is 9.87. The van der Waals surface area contributed by atoms with Crippen molar-refractivity contribution in [3.05, 3.63) is 58.1 Å². The first-order valence-corrected chi connectivity index (χ1v) is 13.9. The maximum atomic E-state index is 13.9. The number of benzene rings is 2. The van der Waals surface area contributed by atoms with E-state index in [1.807, 2.05) is 31.2 Å². The maximum absolute atomic E-state index is 13.9. The molecule has 2 aromatic rings. The fourth-order valence-electron chi connectivity index (χ4n) is 4.96. The zero-order valence-electron chi connectivity index (χ0n) is 19.9. The second-order valence-corrected chi connectivity index (χ2v) is 12.4. The molecule has 0 bridgehead atoms. The molecule has 0 saturated heterocycles. The molecule has 1 heterocycles. The standard InChI is InChI=1S/C26H29NO5S2/c1-15-8-10-18(11-9-15)33-22-7-5-6-21(28)24(22)25(29)19-14-16(2)26-23(17(19)3)20(27-32-4)12-13-34(26,30)31/h8-11,14,22,24H,5-7,12-13H2,1-4H3. The summed E-state index contributed by atoms with van der Waals surface area (Å²) in [6.45, 7) is 5.46. The van der Waals surface area contributed by atoms with Crippen LogP contribution in [0.4, 0.5) is 0 Å². The maximum Gasteiger partial charge on any atom is 0.179 e. The van der Waals surface area contributed by atoms with Gasteiger partial charge in [0.2, 0.25) is 0 Å². The molecule has 2 unspecified atom stereocenters. The number of rotatable bonds is 5. The minimum atomic E-state index is -3.50. The Morgan fingerprint density at radius 1 is 1.12 bits per heavy atom. The molecule has 0 aromatic heterocycles. The van der Waals surface area contributed by atoms with Gasteiger partial charge in [0, 0.05) is 34.1 Å². The van der Waals surface area contributed by atoms with E-state index < -0.39 is 15.8 Å². The van der Waals surface area contributed by atoms with E-state index in [9.17, 15) is 18.0 Å². The Morgan fingerprint density at radius 3 is 2.50 bits per heavy atom. The normalized spacial score (nSPS) is 22.9. The number of fused-ring (bicyclic) bond motifs is 1. The summed E-state index contributed by atoms with van der Waals surface area (Å²) < 4.78 is 25.7. The summed E-state index contributed by atoms with van der Waals surface area (Å²) in [7, 11) is -2.08. The summed E-state index contributed by atoms with van der Waals surface area (Å²) in [5.41, 5.74) is 3.55. The van der Waals surface area contributed by atoms with Crippen molar-refractivity contribution in [3.63, 3.8) is 0 Å². The fourth-order valence-corrected chi connectivity index (χ4v) is 8.10. The van der Waals surface area contributed by atoms with Crippen LogP contribution in [0.5, 0.6) is 0 Å². The van der Waals surface area contributed by atoms with E-state index in [4.69, 9.17) is 4.84 Å². The lowest BCUT2D eigenvalue weighted by atomic mass is 9.80. The molecule has 1 aliphatic heterocycles. The van der Waals surface area contributed by atoms with Gasteiger partial charge in [0.25, 0.3) is 0 Å². The molecule has 4 rings (SSSR count). The molecule has 2 aromatic carbocycles. The van der Waals surface area contributed by atoms with Crippen molar-refractivity contribution >= 4 is 38.9 Å². The van der Waals surface area contributed by atoms with Gasteiger partial charge in [-0.1, -0.05) is 22.9 Å². The number of hydrogen-bond acceptors (Lipinski definition) is 7. The van der Waals surface area contributed by atoms with Gasteiger partial charge >= 0.3 is 0 Å². The first-order valence-electron chi connectivity index (χ1n) is 11.4. The van der Waals surface area contributed by atoms with E-state index >= 15 is 0 Å². The lowest BCUT2D eigenvalue weighted by Crippen LogP contribution is -2.37. The van der Waals surface area contributed by atoms with Gasteiger partial charge < -0.3 is 4.84 Å². The van der Waals surface area contributed by atoms with Crippen LogP contribution in [0.15, 0.2) is 45.3 Å². The van der Waals surface area contributed by atoms with Crippen molar-refractivity contribution in [2.45, 2.75) is 61.5 Å². The highest BCUT2D eigenvalue weighted by atomic mass is 32.2. The highest BCUT2D eigenvalue weighted by Crippen LogP contribution is 2.40. The van der Waals surface area contributed by atoms with E-state index in [-0.39, 0.29) is 33.9 Å². The third-order valence-electron chi connectivity index (χ3n) is 6.62. The molecular weight excluding hydrogens is 470 g/mol. The van der Waals surface area contributed by atoms with Crippen molar-refractivity contribution in [2.75, 3.05) is 12.9 Å². The number of Topliss-reactive ketones (excluding diaryl/α,β-unsaturated/α-hetero) is 2. The Morgan fingerprint density at radius 2 is 1.82 bits per heavy atom. The molecule has 1 fully saturated rings. The number of nitrogens with zero attached hydrogens (tertiary/aromatic N) is 1. The van der Waals surface area contributed by atoms with Gasteiger partial charge in [-0.3, -0.25) is 9.59 Å². The molecule has 1 saturated carbocycles. The van der Waals surface area contributed by atoms with Crippen LogP contribution in [-0.4, -0.2) is 43.8 Å². The van der Waals surface area contributed by atoms with Crippen molar-refractivity contribution in [2.24, 2.45) is 11.1 Å². The molecule has 34 heavy (non-hydrogen) atoms. The van der Waals surface area contributed by atoms with Crippen LogP contribution in [0.25, 0.3) is 0 Å². The smallest absolute Gasteiger partial charge is 0.179 e. The summed E-state index contributed by atoms with van der Waals surface area (Å²) in [6, 6.07) is 9.73. The van der Waals surface area contributed by atoms with Gasteiger partial charge in [-0.15, -0.1) is 11.8 Å². The lowest BCUT2D eigenvalue weighted by Gasteiger charge is -2.30. The summed E-state index contributed by atoms with van der Waals surface area (Å²) in [5, 5.41) is 3.90. The van der Waals surface area contributed by atoms with Gasteiger partial charge in [-0.25, -0.2) is 8.42 Å². The molecule has 0 amide bonds. The number of thioether (sulfide) groups is 1. The minimum Gasteiger partial charge on any atom is -0.399 e. The zero-order chi connectivity index (χ0) is 24.6. The average molecular weight is 500 g/mol. The molecule has 180 valence electrons. The topological polar surface area (TPSA) is 89.9 Å². The molecular formula is C26H29NO5S2. The van der Waals surface area contributed by atoms with E-state index in [0.29, 0.717) is 34.4 Å². The van der Waals surface area contributed by atoms with Crippen LogP contribution in [0.1, 0.15) is 58.3 Å². The first kappa shape index (κ1) is 24.7. The lowest BCUT2D eigenvalue weighted by molar-refractivity contribution is -0.122. The number of carbonyl (C=O) groups excluding carboxylic acids is 2. The van der Waals surface area contributed by atoms with Crippen molar-refractivity contribution in [1.82, 2.24) is 0 Å². The van der Waals surface area contributed by atoms with Gasteiger partial charge in [-0.05, 0) is 62.9 Å². The van der Waals surface area contributed by atoms with Crippen LogP contribution in [-0.2, 0) is 19.5 Å². The number of carbonyl (C=O) groups is 2. The van der Waals surface area contributed by atoms with E-state index in [1.54, 1.807) is 31.7 Å². The summed E-state index contributed by atoms with van der Waals surface area (Å²) in [6.07, 6.45) is 2.14. The predicted molar refractivity (Wildman–Crippen MR) is 134 cm³/mol. The Balaban J connectivity index is 1.78. The molecule has 8 heteroatoms. The highest BCUT2D eigenvalue weighted by Gasteiger charge is 2.40. The number of oxime groups is 1. The molecule has 6 nitrogen and oxygen atoms in total.